The number of rotatable bonds is 3. The molecule has 0 aliphatic carbocycles. The Balaban J connectivity index is 3.14. The van der Waals surface area contributed by atoms with Crippen LogP contribution in [0.15, 0.2) is 12.1 Å². The topological polar surface area (TPSA) is 66.8 Å². The van der Waals surface area contributed by atoms with Gasteiger partial charge >= 0.3 is 7.32 Å². The van der Waals surface area contributed by atoms with Crippen molar-refractivity contribution in [1.29, 1.82) is 0 Å². The van der Waals surface area contributed by atoms with Crippen LogP contribution in [0.25, 0.3) is 0 Å². The van der Waals surface area contributed by atoms with Crippen LogP contribution in [0.5, 0.6) is 5.75 Å². The number of carbonyl (C=O) groups excluding carboxylic acids is 1. The predicted molar refractivity (Wildman–Crippen MR) is 42.6 cm³/mol. The van der Waals surface area contributed by atoms with Gasteiger partial charge in [0.05, 0.1) is 5.56 Å². The van der Waals surface area contributed by atoms with Gasteiger partial charge < -0.3 is 14.7 Å². The molecule has 1 aromatic rings. The second-order valence-corrected chi connectivity index (χ2v) is 2.34. The summed E-state index contributed by atoms with van der Waals surface area (Å²) in [6, 6.07) is 1.63. The highest BCUT2D eigenvalue weighted by molar-refractivity contribution is 6.33. The van der Waals surface area contributed by atoms with E-state index in [1.165, 1.54) is 0 Å². The minimum absolute atomic E-state index is 0.0265. The monoisotopic (exact) mass is 202 g/mol. The van der Waals surface area contributed by atoms with E-state index in [9.17, 15) is 13.6 Å². The first-order valence-electron chi connectivity index (χ1n) is 3.52. The molecule has 1 aromatic carbocycles. The first-order valence-corrected chi connectivity index (χ1v) is 3.52. The van der Waals surface area contributed by atoms with Gasteiger partial charge in [0, 0.05) is 0 Å². The lowest BCUT2D eigenvalue weighted by Gasteiger charge is -2.07. The van der Waals surface area contributed by atoms with Gasteiger partial charge in [-0.15, -0.1) is 0 Å². The van der Waals surface area contributed by atoms with E-state index in [-0.39, 0.29) is 6.29 Å². The van der Waals surface area contributed by atoms with Gasteiger partial charge in [0.25, 0.3) is 0 Å². The maximum absolute atomic E-state index is 13.1. The largest absolute Gasteiger partial charge is 0.707 e. The first kappa shape index (κ1) is 10.6. The van der Waals surface area contributed by atoms with Crippen LogP contribution in [-0.4, -0.2) is 23.7 Å². The molecule has 4 nitrogen and oxygen atoms in total. The fourth-order valence-corrected chi connectivity index (χ4v) is 0.862. The molecule has 0 radical (unpaired) electrons. The Morgan fingerprint density at radius 3 is 2.50 bits per heavy atom. The van der Waals surface area contributed by atoms with E-state index in [1.54, 1.807) is 0 Å². The zero-order valence-corrected chi connectivity index (χ0v) is 6.78. The zero-order chi connectivity index (χ0) is 10.7. The fourth-order valence-electron chi connectivity index (χ4n) is 0.862. The van der Waals surface area contributed by atoms with Gasteiger partial charge in [0.1, 0.15) is 11.6 Å². The molecule has 74 valence electrons. The Labute approximate surface area is 77.9 Å². The summed E-state index contributed by atoms with van der Waals surface area (Å²) in [6.07, 6.45) is -0.0265. The fraction of sp³-hybridized carbons (Fsp3) is 0. The van der Waals surface area contributed by atoms with Crippen molar-refractivity contribution in [3.05, 3.63) is 29.3 Å². The molecule has 0 aliphatic heterocycles. The lowest BCUT2D eigenvalue weighted by atomic mass is 10.2. The summed E-state index contributed by atoms with van der Waals surface area (Å²) in [5, 5.41) is 16.7. The van der Waals surface area contributed by atoms with E-state index in [1.807, 2.05) is 0 Å². The minimum atomic E-state index is -2.23. The van der Waals surface area contributed by atoms with Crippen molar-refractivity contribution >= 4 is 13.6 Å². The molecule has 0 aromatic heterocycles. The molecule has 0 saturated heterocycles. The smallest absolute Gasteiger partial charge is 0.510 e. The molecule has 2 N–H and O–H groups in total. The van der Waals surface area contributed by atoms with Crippen LogP contribution in [-0.2, 0) is 0 Å². The summed E-state index contributed by atoms with van der Waals surface area (Å²) in [5.74, 6) is -2.92. The van der Waals surface area contributed by atoms with Crippen LogP contribution < -0.4 is 4.65 Å². The minimum Gasteiger partial charge on any atom is -0.510 e. The molecular formula is C7H5BF2O4. The Morgan fingerprint density at radius 1 is 1.36 bits per heavy atom. The molecule has 1 rings (SSSR count). The molecule has 0 spiro atoms. The van der Waals surface area contributed by atoms with Crippen molar-refractivity contribution in [1.82, 2.24) is 0 Å². The molecule has 7 heteroatoms. The summed E-state index contributed by atoms with van der Waals surface area (Å²) >= 11 is 0. The molecule has 0 amide bonds. The van der Waals surface area contributed by atoms with E-state index >= 15 is 0 Å². The second-order valence-electron chi connectivity index (χ2n) is 2.34. The van der Waals surface area contributed by atoms with Crippen molar-refractivity contribution in [2.45, 2.75) is 0 Å². The van der Waals surface area contributed by atoms with Gasteiger partial charge in [-0.1, -0.05) is 0 Å². The average molecular weight is 202 g/mol. The standard InChI is InChI=1S/C7H5BF2O4/c9-5-1-2-6(14-8(12)13)7(10)4(5)3-11/h1-3,12-13H. The van der Waals surface area contributed by atoms with Crippen LogP contribution in [0.2, 0.25) is 0 Å². The molecule has 0 fully saturated rings. The van der Waals surface area contributed by atoms with Gasteiger partial charge in [-0.3, -0.25) is 4.79 Å². The molecular weight excluding hydrogens is 197 g/mol. The Bertz CT molecular complexity index is 356. The van der Waals surface area contributed by atoms with Gasteiger partial charge in [-0.05, 0) is 12.1 Å². The lowest BCUT2D eigenvalue weighted by Crippen LogP contribution is -2.21. The first-order chi connectivity index (χ1) is 6.56. The van der Waals surface area contributed by atoms with E-state index in [0.717, 1.165) is 12.1 Å². The quantitative estimate of drug-likeness (QED) is 0.539. The number of hydrogen-bond donors (Lipinski definition) is 2. The highest BCUT2D eigenvalue weighted by atomic mass is 19.1. The second kappa shape index (κ2) is 4.16. The van der Waals surface area contributed by atoms with Crippen LogP contribution >= 0.6 is 0 Å². The average Bonchev–Trinajstić information content (AvgIpc) is 2.10. The summed E-state index contributed by atoms with van der Waals surface area (Å²) in [5.41, 5.74) is -0.817. The maximum Gasteiger partial charge on any atom is 0.707 e. The van der Waals surface area contributed by atoms with Crippen molar-refractivity contribution in [2.75, 3.05) is 0 Å². The molecule has 0 saturated carbocycles. The molecule has 0 bridgehead atoms. The van der Waals surface area contributed by atoms with Crippen molar-refractivity contribution in [3.63, 3.8) is 0 Å². The van der Waals surface area contributed by atoms with Gasteiger partial charge in [-0.25, -0.2) is 8.78 Å². The van der Waals surface area contributed by atoms with Crippen molar-refractivity contribution < 1.29 is 28.3 Å². The zero-order valence-electron chi connectivity index (χ0n) is 6.78. The number of hydrogen-bond acceptors (Lipinski definition) is 4. The van der Waals surface area contributed by atoms with E-state index in [0.29, 0.717) is 0 Å². The SMILES string of the molecule is O=Cc1c(F)ccc(OB(O)O)c1F. The van der Waals surface area contributed by atoms with Gasteiger partial charge in [-0.2, -0.15) is 0 Å². The van der Waals surface area contributed by atoms with Crippen LogP contribution in [0.1, 0.15) is 10.4 Å². The summed E-state index contributed by atoms with van der Waals surface area (Å²) in [6.45, 7) is 0. The molecule has 0 atom stereocenters. The van der Waals surface area contributed by atoms with E-state index in [4.69, 9.17) is 10.0 Å². The highest BCUT2D eigenvalue weighted by Gasteiger charge is 2.18. The number of aldehydes is 1. The molecule has 0 aliphatic rings. The normalized spacial score (nSPS) is 9.71. The number of carbonyl (C=O) groups is 1. The van der Waals surface area contributed by atoms with Crippen LogP contribution in [0.4, 0.5) is 8.78 Å². The van der Waals surface area contributed by atoms with Gasteiger partial charge in [0.15, 0.2) is 12.1 Å². The van der Waals surface area contributed by atoms with E-state index in [2.05, 4.69) is 4.65 Å². The molecule has 0 unspecified atom stereocenters. The maximum atomic E-state index is 13.1. The summed E-state index contributed by atoms with van der Waals surface area (Å²) < 4.78 is 29.9. The Morgan fingerprint density at radius 2 is 2.00 bits per heavy atom. The van der Waals surface area contributed by atoms with Crippen molar-refractivity contribution in [2.24, 2.45) is 0 Å². The van der Waals surface area contributed by atoms with E-state index < -0.39 is 30.3 Å². The molecule has 14 heavy (non-hydrogen) atoms. The predicted octanol–water partition coefficient (Wildman–Crippen LogP) is 0.126. The van der Waals surface area contributed by atoms with Crippen molar-refractivity contribution in [3.8, 4) is 5.75 Å². The van der Waals surface area contributed by atoms with Gasteiger partial charge in [0.2, 0.25) is 0 Å². The third-order valence-electron chi connectivity index (χ3n) is 1.44. The van der Waals surface area contributed by atoms with Crippen LogP contribution in [0, 0.1) is 11.6 Å². The third-order valence-corrected chi connectivity index (χ3v) is 1.44. The lowest BCUT2D eigenvalue weighted by molar-refractivity contribution is 0.111. The third kappa shape index (κ3) is 2.07. The Hall–Kier alpha value is -1.47. The van der Waals surface area contributed by atoms with Crippen LogP contribution in [0.3, 0.4) is 0 Å². The number of benzene rings is 1. The highest BCUT2D eigenvalue weighted by Crippen LogP contribution is 2.21. The number of halogens is 2. The summed E-state index contributed by atoms with van der Waals surface area (Å²) in [4.78, 5) is 10.2. The molecule has 0 heterocycles. The Kier molecular flexibility index (Phi) is 3.16. The summed E-state index contributed by atoms with van der Waals surface area (Å²) in [7, 11) is -2.23.